The van der Waals surface area contributed by atoms with Crippen molar-refractivity contribution in [2.24, 2.45) is 27.1 Å². The summed E-state index contributed by atoms with van der Waals surface area (Å²) in [6, 6.07) is 54.0. The maximum absolute atomic E-state index is 14.7. The fourth-order valence-electron chi connectivity index (χ4n) is 20.5. The van der Waals surface area contributed by atoms with Crippen LogP contribution in [0, 0.1) is 63.1 Å². The molecule has 10 aromatic rings. The standard InChI is InChI=1S/C23H27FO3.3C22H27FO2.C21H25FO/c1-5-27-16-9-11-21(24)19(14-16)17-10-8-15(22(25)26-4)13-18(17)20-7-6-12-23(20,2)3;3*1-4-25-16-8-10-21(23)19(13-16)17-9-7-15(14-24)12-18(17)20-6-5-11-22(20,2)3;1-14-6-9-20(22)18(11-14)16-8-7-15(13-23)12-17(16)19-5-4-10-21(19,2)3/h8-11,13-14,20H,5-7,12H2,1-4H3;3*7-10,12-13,20,24H,4-6,11,14H2,1-3H3;6-9,11-12,19,23H,4-5,10,13H2,1-3H3/t;2*20-;;/m.10../s1. The zero-order valence-corrected chi connectivity index (χ0v) is 76.6. The molecule has 5 aliphatic rings. The van der Waals surface area contributed by atoms with Crippen molar-refractivity contribution in [2.45, 2.75) is 256 Å². The lowest BCUT2D eigenvalue weighted by Gasteiger charge is -2.30. The lowest BCUT2D eigenvalue weighted by atomic mass is 9.75. The summed E-state index contributed by atoms with van der Waals surface area (Å²) in [4.78, 5) is 12.1. The van der Waals surface area contributed by atoms with Crippen LogP contribution in [-0.4, -0.2) is 59.9 Å². The highest BCUT2D eigenvalue weighted by Gasteiger charge is 2.42. The normalized spacial score (nSPS) is 19.1. The predicted molar refractivity (Wildman–Crippen MR) is 495 cm³/mol. The van der Waals surface area contributed by atoms with E-state index in [1.165, 1.54) is 88.3 Å². The molecule has 15 heteroatoms. The minimum atomic E-state index is -0.373. The van der Waals surface area contributed by atoms with Gasteiger partial charge in [0.1, 0.15) is 52.1 Å². The van der Waals surface area contributed by atoms with E-state index in [9.17, 15) is 47.2 Å². The lowest BCUT2D eigenvalue weighted by Crippen LogP contribution is -2.17. The molecule has 0 aliphatic heterocycles. The van der Waals surface area contributed by atoms with Gasteiger partial charge in [-0.2, -0.15) is 0 Å². The maximum atomic E-state index is 14.7. The van der Waals surface area contributed by atoms with Gasteiger partial charge in [0.2, 0.25) is 0 Å². The second-order valence-electron chi connectivity index (χ2n) is 38.1. The number of aliphatic hydroxyl groups is 4. The quantitative estimate of drug-likeness (QED) is 0.0361. The molecule has 10 aromatic carbocycles. The number of esters is 1. The van der Waals surface area contributed by atoms with Crippen LogP contribution in [0.25, 0.3) is 55.6 Å². The number of aliphatic hydroxyl groups excluding tert-OH is 4. The van der Waals surface area contributed by atoms with Crippen LogP contribution in [0.5, 0.6) is 23.0 Å². The highest BCUT2D eigenvalue weighted by Crippen LogP contribution is 2.57. The van der Waals surface area contributed by atoms with Crippen molar-refractivity contribution >= 4 is 5.97 Å². The van der Waals surface area contributed by atoms with Crippen LogP contribution in [-0.2, 0) is 31.2 Å². The molecule has 0 heterocycles. The van der Waals surface area contributed by atoms with E-state index in [2.05, 4.69) is 93.5 Å². The molecule has 5 saturated carbocycles. The third kappa shape index (κ3) is 22.9. The summed E-state index contributed by atoms with van der Waals surface area (Å²) >= 11 is 0. The summed E-state index contributed by atoms with van der Waals surface area (Å²) in [5, 5.41) is 38.2. The van der Waals surface area contributed by atoms with Crippen molar-refractivity contribution in [3.05, 3.63) is 272 Å². The monoisotopic (exact) mass is 1710 g/mol. The largest absolute Gasteiger partial charge is 0.494 e. The zero-order chi connectivity index (χ0) is 90.3. The molecule has 0 radical (unpaired) electrons. The second kappa shape index (κ2) is 42.3. The Kier molecular flexibility index (Phi) is 32.5. The Hall–Kier alpha value is -9.64. The number of carbonyl (C=O) groups excluding carboxylic acids is 1. The van der Waals surface area contributed by atoms with Crippen LogP contribution in [0.1, 0.15) is 289 Å². The number of carbonyl (C=O) groups is 1. The van der Waals surface area contributed by atoms with E-state index >= 15 is 0 Å². The third-order valence-corrected chi connectivity index (χ3v) is 27.4. The van der Waals surface area contributed by atoms with Gasteiger partial charge in [0.05, 0.1) is 65.5 Å². The van der Waals surface area contributed by atoms with Gasteiger partial charge in [0, 0.05) is 27.8 Å². The van der Waals surface area contributed by atoms with Crippen molar-refractivity contribution in [3.63, 3.8) is 0 Å². The number of benzene rings is 10. The lowest BCUT2D eigenvalue weighted by molar-refractivity contribution is 0.0600. The Labute approximate surface area is 740 Å². The molecule has 5 aliphatic carbocycles. The van der Waals surface area contributed by atoms with E-state index in [4.69, 9.17) is 23.7 Å². The number of aryl methyl sites for hydroxylation is 1. The Morgan fingerprint density at radius 2 is 0.528 bits per heavy atom. The fraction of sp³-hybridized carbons (Fsp3) is 0.445. The van der Waals surface area contributed by atoms with Crippen LogP contribution in [0.3, 0.4) is 0 Å². The summed E-state index contributed by atoms with van der Waals surface area (Å²) in [5.74, 6) is 2.89. The molecule has 0 aromatic heterocycles. The van der Waals surface area contributed by atoms with E-state index in [-0.39, 0.29) is 94.5 Å². The molecule has 668 valence electrons. The number of ether oxygens (including phenoxy) is 5. The van der Waals surface area contributed by atoms with Gasteiger partial charge in [0.15, 0.2) is 0 Å². The maximum Gasteiger partial charge on any atom is 0.337 e. The smallest absolute Gasteiger partial charge is 0.337 e. The number of hydrogen-bond acceptors (Lipinski definition) is 10. The summed E-state index contributed by atoms with van der Waals surface area (Å²) < 4.78 is 100. The average molecular weight is 1710 g/mol. The van der Waals surface area contributed by atoms with E-state index in [1.807, 2.05) is 101 Å². The molecule has 0 spiro atoms. The van der Waals surface area contributed by atoms with Gasteiger partial charge >= 0.3 is 5.97 Å². The molecule has 3 unspecified atom stereocenters. The van der Waals surface area contributed by atoms with Crippen molar-refractivity contribution in [1.29, 1.82) is 0 Å². The van der Waals surface area contributed by atoms with E-state index in [0.29, 0.717) is 106 Å². The summed E-state index contributed by atoms with van der Waals surface area (Å²) in [7, 11) is 1.38. The zero-order valence-electron chi connectivity index (χ0n) is 76.6. The van der Waals surface area contributed by atoms with Crippen LogP contribution in [0.4, 0.5) is 22.0 Å². The van der Waals surface area contributed by atoms with Crippen LogP contribution in [0.2, 0.25) is 0 Å². The summed E-state index contributed by atoms with van der Waals surface area (Å²) in [6.45, 7) is 34.7. The molecule has 0 amide bonds. The minimum Gasteiger partial charge on any atom is -0.494 e. The van der Waals surface area contributed by atoms with Crippen molar-refractivity contribution in [3.8, 4) is 78.6 Å². The molecular weight excluding hydrogens is 1580 g/mol. The molecular formula is C110H133F5O10. The van der Waals surface area contributed by atoms with Crippen molar-refractivity contribution < 1.29 is 70.9 Å². The Balaban J connectivity index is 0.000000152. The number of halogens is 5. The van der Waals surface area contributed by atoms with Gasteiger partial charge < -0.3 is 44.1 Å². The molecule has 125 heavy (non-hydrogen) atoms. The molecule has 4 N–H and O–H groups in total. The summed E-state index contributed by atoms with van der Waals surface area (Å²) in [5.41, 5.74) is 19.0. The topological polar surface area (TPSA) is 144 Å². The number of methoxy groups -OCH3 is 1. The molecule has 10 nitrogen and oxygen atoms in total. The Morgan fingerprint density at radius 3 is 0.744 bits per heavy atom. The fourth-order valence-corrected chi connectivity index (χ4v) is 20.5. The SMILES string of the molecule is CCOc1ccc(F)c(-c2ccc(C(=O)OC)cc2C2CCCC2(C)C)c1.CCOc1ccc(F)c(-c2ccc(CO)cc2C2CCCC2(C)C)c1.CCOc1ccc(F)c(-c2ccc(CO)cc2[C@@H]2CCCC2(C)C)c1.CCOc1ccc(F)c(-c2ccc(CO)cc2[C@H]2CCCC2(C)C)c1.Cc1ccc(F)c(-c2ccc(CO)cc2C2CCCC2(C)C)c1. The van der Waals surface area contributed by atoms with Gasteiger partial charge in [-0.1, -0.05) is 192 Å². The highest BCUT2D eigenvalue weighted by molar-refractivity contribution is 5.91. The Morgan fingerprint density at radius 1 is 0.304 bits per heavy atom. The van der Waals surface area contributed by atoms with E-state index in [1.54, 1.807) is 66.7 Å². The van der Waals surface area contributed by atoms with Gasteiger partial charge in [-0.05, 0) is 330 Å². The van der Waals surface area contributed by atoms with Crippen molar-refractivity contribution in [2.75, 3.05) is 33.5 Å². The number of rotatable bonds is 23. The molecule has 0 saturated heterocycles. The van der Waals surface area contributed by atoms with E-state index in [0.717, 1.165) is 123 Å². The van der Waals surface area contributed by atoms with Gasteiger partial charge in [-0.3, -0.25) is 0 Å². The average Bonchev–Trinajstić information content (AvgIpc) is 1.54. The van der Waals surface area contributed by atoms with Crippen molar-refractivity contribution in [1.82, 2.24) is 0 Å². The third-order valence-electron chi connectivity index (χ3n) is 27.4. The predicted octanol–water partition coefficient (Wildman–Crippen LogP) is 28.6. The first-order valence-corrected chi connectivity index (χ1v) is 45.3. The molecule has 0 bridgehead atoms. The first kappa shape index (κ1) is 96.0. The first-order chi connectivity index (χ1) is 59.7. The molecule has 5 atom stereocenters. The molecule has 15 rings (SSSR count). The minimum absolute atomic E-state index is 0.00188. The van der Waals surface area contributed by atoms with E-state index < -0.39 is 0 Å². The van der Waals surface area contributed by atoms with Crippen LogP contribution < -0.4 is 18.9 Å². The molecule has 5 fully saturated rings. The van der Waals surface area contributed by atoms with Gasteiger partial charge in [0.25, 0.3) is 0 Å². The van der Waals surface area contributed by atoms with Gasteiger partial charge in [-0.25, -0.2) is 26.7 Å². The summed E-state index contributed by atoms with van der Waals surface area (Å²) in [6.07, 6.45) is 17.1. The van der Waals surface area contributed by atoms with Crippen LogP contribution in [0.15, 0.2) is 182 Å². The highest BCUT2D eigenvalue weighted by atomic mass is 19.1. The first-order valence-electron chi connectivity index (χ1n) is 45.3. The second-order valence-corrected chi connectivity index (χ2v) is 38.1. The number of hydrogen-bond donors (Lipinski definition) is 4. The van der Waals surface area contributed by atoms with Gasteiger partial charge in [-0.15, -0.1) is 0 Å². The Bertz CT molecular complexity index is 5020. The van der Waals surface area contributed by atoms with Crippen LogP contribution >= 0.6 is 0 Å².